The van der Waals surface area contributed by atoms with Crippen LogP contribution in [0.5, 0.6) is 0 Å². The van der Waals surface area contributed by atoms with E-state index in [1.165, 1.54) is 36.0 Å². The highest BCUT2D eigenvalue weighted by Crippen LogP contribution is 2.71. The van der Waals surface area contributed by atoms with Crippen molar-refractivity contribution in [2.75, 3.05) is 0 Å². The van der Waals surface area contributed by atoms with Gasteiger partial charge >= 0.3 is 0 Å². The van der Waals surface area contributed by atoms with Crippen LogP contribution in [0.3, 0.4) is 0 Å². The Morgan fingerprint density at radius 1 is 1.11 bits per heavy atom. The maximum Gasteiger partial charge on any atom is 0.0171 e. The molecule has 0 nitrogen and oxygen atoms in total. The van der Waals surface area contributed by atoms with Gasteiger partial charge in [-0.3, -0.25) is 0 Å². The van der Waals surface area contributed by atoms with Gasteiger partial charge in [-0.25, -0.2) is 0 Å². The smallest absolute Gasteiger partial charge is 0.0171 e. The van der Waals surface area contributed by atoms with Crippen molar-refractivity contribution in [1.82, 2.24) is 0 Å². The summed E-state index contributed by atoms with van der Waals surface area (Å²) in [5, 5.41) is 0. The van der Waals surface area contributed by atoms with Crippen LogP contribution in [0.4, 0.5) is 0 Å². The van der Waals surface area contributed by atoms with Crippen LogP contribution in [0.2, 0.25) is 0 Å². The molecule has 4 bridgehead atoms. The summed E-state index contributed by atoms with van der Waals surface area (Å²) in [7, 11) is 0. The number of allylic oxidation sites excluding steroid dienone is 12. The molecule has 18 heavy (non-hydrogen) atoms. The van der Waals surface area contributed by atoms with Crippen LogP contribution in [0, 0.1) is 10.8 Å². The van der Waals surface area contributed by atoms with Gasteiger partial charge in [-0.1, -0.05) is 61.6 Å². The number of hydrogen-bond acceptors (Lipinski definition) is 0. The van der Waals surface area contributed by atoms with Gasteiger partial charge in [0.25, 0.3) is 0 Å². The Labute approximate surface area is 109 Å². The third kappa shape index (κ3) is 1.26. The molecule has 0 aromatic rings. The van der Waals surface area contributed by atoms with E-state index in [4.69, 9.17) is 0 Å². The van der Waals surface area contributed by atoms with E-state index in [0.717, 1.165) is 0 Å². The molecule has 0 heterocycles. The van der Waals surface area contributed by atoms with Crippen molar-refractivity contribution in [2.45, 2.75) is 26.2 Å². The SMILES string of the molecule is CC12CC13C=CC=C2/C=C\C1=CCCC(=C1)/C=C\3. The van der Waals surface area contributed by atoms with Gasteiger partial charge in [0.1, 0.15) is 0 Å². The summed E-state index contributed by atoms with van der Waals surface area (Å²) in [5.74, 6) is 0. The van der Waals surface area contributed by atoms with Crippen LogP contribution in [0.25, 0.3) is 0 Å². The van der Waals surface area contributed by atoms with E-state index >= 15 is 0 Å². The fourth-order valence-electron chi connectivity index (χ4n) is 3.64. The first-order chi connectivity index (χ1) is 8.72. The highest BCUT2D eigenvalue weighted by Gasteiger charge is 2.63. The Hall–Kier alpha value is -1.56. The molecular formula is C18H18. The number of hydrogen-bond donors (Lipinski definition) is 0. The van der Waals surface area contributed by atoms with Gasteiger partial charge in [-0.2, -0.15) is 0 Å². The van der Waals surface area contributed by atoms with Gasteiger partial charge in [0.15, 0.2) is 0 Å². The van der Waals surface area contributed by atoms with E-state index in [1.54, 1.807) is 0 Å². The molecule has 1 saturated carbocycles. The minimum Gasteiger partial charge on any atom is -0.0769 e. The van der Waals surface area contributed by atoms with Crippen molar-refractivity contribution in [2.24, 2.45) is 10.8 Å². The predicted molar refractivity (Wildman–Crippen MR) is 76.1 cm³/mol. The van der Waals surface area contributed by atoms with Crippen LogP contribution in [-0.2, 0) is 0 Å². The maximum atomic E-state index is 2.45. The third-order valence-electron chi connectivity index (χ3n) is 5.07. The Kier molecular flexibility index (Phi) is 1.88. The molecule has 4 aliphatic rings. The predicted octanol–water partition coefficient (Wildman–Crippen LogP) is 4.65. The van der Waals surface area contributed by atoms with E-state index in [2.05, 4.69) is 61.6 Å². The van der Waals surface area contributed by atoms with Gasteiger partial charge in [0, 0.05) is 10.8 Å². The number of fused-ring (bicyclic) bond motifs is 1. The second kappa shape index (κ2) is 3.26. The van der Waals surface area contributed by atoms with Crippen molar-refractivity contribution in [3.05, 3.63) is 71.4 Å². The zero-order chi connectivity index (χ0) is 12.2. The average molecular weight is 234 g/mol. The van der Waals surface area contributed by atoms with Crippen LogP contribution in [0.1, 0.15) is 26.2 Å². The molecule has 0 aromatic carbocycles. The van der Waals surface area contributed by atoms with Crippen molar-refractivity contribution in [1.29, 1.82) is 0 Å². The Morgan fingerprint density at radius 3 is 3.00 bits per heavy atom. The number of rotatable bonds is 0. The van der Waals surface area contributed by atoms with Gasteiger partial charge in [0.05, 0.1) is 0 Å². The summed E-state index contributed by atoms with van der Waals surface area (Å²) < 4.78 is 0. The second-order valence-corrected chi connectivity index (χ2v) is 6.16. The molecule has 0 N–H and O–H groups in total. The molecule has 0 heteroatoms. The molecule has 90 valence electrons. The molecule has 0 spiro atoms. The standard InChI is InChI=1S/C18H18/c1-17-13-18(17)10-3-6-16(17)8-7-14-4-2-5-15(12-14)9-11-18/h3-4,6-12H,2,5,13H2,1H3/b8-7-,11-9-. The fourth-order valence-corrected chi connectivity index (χ4v) is 3.64. The molecule has 4 aliphatic carbocycles. The molecule has 0 aromatic heterocycles. The van der Waals surface area contributed by atoms with E-state index in [1.807, 2.05) is 0 Å². The van der Waals surface area contributed by atoms with Crippen molar-refractivity contribution >= 4 is 0 Å². The molecule has 1 fully saturated rings. The van der Waals surface area contributed by atoms with Gasteiger partial charge < -0.3 is 0 Å². The lowest BCUT2D eigenvalue weighted by molar-refractivity contribution is 0.577. The molecule has 0 amide bonds. The molecule has 2 atom stereocenters. The van der Waals surface area contributed by atoms with Crippen LogP contribution < -0.4 is 0 Å². The Morgan fingerprint density at radius 2 is 2.06 bits per heavy atom. The summed E-state index contributed by atoms with van der Waals surface area (Å²) in [6.45, 7) is 2.40. The Bertz CT molecular complexity index is 592. The van der Waals surface area contributed by atoms with Crippen LogP contribution in [-0.4, -0.2) is 0 Å². The summed E-state index contributed by atoms with van der Waals surface area (Å²) in [5.41, 5.74) is 4.96. The minimum absolute atomic E-state index is 0.293. The van der Waals surface area contributed by atoms with E-state index in [0.29, 0.717) is 10.8 Å². The van der Waals surface area contributed by atoms with Crippen molar-refractivity contribution in [3.8, 4) is 0 Å². The van der Waals surface area contributed by atoms with Crippen molar-refractivity contribution < 1.29 is 0 Å². The van der Waals surface area contributed by atoms with E-state index in [9.17, 15) is 0 Å². The summed E-state index contributed by atoms with van der Waals surface area (Å²) in [4.78, 5) is 0. The molecule has 4 rings (SSSR count). The molecule has 0 aliphatic heterocycles. The van der Waals surface area contributed by atoms with Gasteiger partial charge in [0.2, 0.25) is 0 Å². The summed E-state index contributed by atoms with van der Waals surface area (Å²) >= 11 is 0. The van der Waals surface area contributed by atoms with Gasteiger partial charge in [-0.05, 0) is 36.0 Å². The first-order valence-electron chi connectivity index (χ1n) is 6.90. The maximum absolute atomic E-state index is 2.45. The normalized spacial score (nSPS) is 43.1. The topological polar surface area (TPSA) is 0 Å². The quantitative estimate of drug-likeness (QED) is 0.572. The summed E-state index contributed by atoms with van der Waals surface area (Å²) in [6.07, 6.45) is 24.6. The van der Waals surface area contributed by atoms with Crippen LogP contribution in [0.15, 0.2) is 71.4 Å². The first kappa shape index (κ1) is 10.4. The van der Waals surface area contributed by atoms with E-state index in [-0.39, 0.29) is 0 Å². The zero-order valence-electron chi connectivity index (χ0n) is 10.8. The van der Waals surface area contributed by atoms with E-state index < -0.39 is 0 Å². The fraction of sp³-hybridized carbons (Fsp3) is 0.333. The lowest BCUT2D eigenvalue weighted by Gasteiger charge is -2.23. The third-order valence-corrected chi connectivity index (χ3v) is 5.07. The van der Waals surface area contributed by atoms with Crippen molar-refractivity contribution in [3.63, 3.8) is 0 Å². The summed E-state index contributed by atoms with van der Waals surface area (Å²) in [6, 6.07) is 0. The molecular weight excluding hydrogens is 216 g/mol. The largest absolute Gasteiger partial charge is 0.0769 e. The monoisotopic (exact) mass is 234 g/mol. The second-order valence-electron chi connectivity index (χ2n) is 6.16. The highest BCUT2D eigenvalue weighted by atomic mass is 14.7. The lowest BCUT2D eigenvalue weighted by atomic mass is 9.81. The molecule has 2 unspecified atom stereocenters. The minimum atomic E-state index is 0.293. The zero-order valence-corrected chi connectivity index (χ0v) is 10.8. The van der Waals surface area contributed by atoms with Gasteiger partial charge in [-0.15, -0.1) is 0 Å². The average Bonchev–Trinajstić information content (AvgIpc) is 3.01. The first-order valence-corrected chi connectivity index (χ1v) is 6.90. The Balaban J connectivity index is 1.89. The van der Waals surface area contributed by atoms with Crippen LogP contribution >= 0.6 is 0 Å². The lowest BCUT2D eigenvalue weighted by Crippen LogP contribution is -2.12. The molecule has 0 radical (unpaired) electrons. The highest BCUT2D eigenvalue weighted by molar-refractivity contribution is 5.54. The molecule has 0 saturated heterocycles.